The number of nitrogens with zero attached hydrogens (tertiary/aromatic N) is 2. The first-order chi connectivity index (χ1) is 19.3. The zero-order valence-corrected chi connectivity index (χ0v) is 24.3. The third-order valence-corrected chi connectivity index (χ3v) is 10.2. The summed E-state index contributed by atoms with van der Waals surface area (Å²) in [6.45, 7) is 7.60. The fraction of sp³-hybridized carbons (Fsp3) is 0.581. The van der Waals surface area contributed by atoms with Gasteiger partial charge in [-0.15, -0.1) is 0 Å². The number of amides is 2. The molecule has 0 bridgehead atoms. The highest BCUT2D eigenvalue weighted by molar-refractivity contribution is 5.75. The maximum atomic E-state index is 14.1. The molecule has 2 aromatic carbocycles. The standard InChI is InChI=1S/C31H37F7N2O2/c1-18-12-24(32)6-7-25(18)26-16-29(9-8-28(4,17-41)20(29)3)10-11-40(26)27(42)39(5)19(2)21-13-22(30(33,34)35)15-23(14-21)31(36,37)38/h6-7,12-15,19-20,26,41H,8-11,16-17H2,1-5H3/t19-,20?,26-,28+,29+/m1/s1. The zero-order chi connectivity index (χ0) is 31.4. The number of alkyl halides is 6. The van der Waals surface area contributed by atoms with Gasteiger partial charge in [-0.05, 0) is 103 Å². The minimum atomic E-state index is -5.01. The second-order valence-corrected chi connectivity index (χ2v) is 12.5. The van der Waals surface area contributed by atoms with Crippen molar-refractivity contribution < 1.29 is 40.6 Å². The fourth-order valence-electron chi connectivity index (χ4n) is 6.97. The molecule has 4 nitrogen and oxygen atoms in total. The van der Waals surface area contributed by atoms with Gasteiger partial charge in [0, 0.05) is 20.2 Å². The Balaban J connectivity index is 1.71. The van der Waals surface area contributed by atoms with Crippen LogP contribution in [0, 0.1) is 29.5 Å². The number of carbonyl (C=O) groups is 1. The number of halogens is 7. The van der Waals surface area contributed by atoms with E-state index >= 15 is 0 Å². The number of aliphatic hydroxyl groups is 1. The molecule has 42 heavy (non-hydrogen) atoms. The molecular formula is C31H37F7N2O2. The second kappa shape index (κ2) is 11.0. The van der Waals surface area contributed by atoms with Crippen LogP contribution in [0.3, 0.4) is 0 Å². The molecule has 2 aromatic rings. The summed E-state index contributed by atoms with van der Waals surface area (Å²) in [5.41, 5.74) is -2.31. The van der Waals surface area contributed by atoms with Gasteiger partial charge in [0.15, 0.2) is 0 Å². The van der Waals surface area contributed by atoms with Crippen molar-refractivity contribution in [1.29, 1.82) is 0 Å². The van der Waals surface area contributed by atoms with Crippen molar-refractivity contribution in [2.24, 2.45) is 16.7 Å². The third-order valence-electron chi connectivity index (χ3n) is 10.2. The molecule has 0 aromatic heterocycles. The summed E-state index contributed by atoms with van der Waals surface area (Å²) in [6, 6.07) is 3.51. The van der Waals surface area contributed by atoms with Gasteiger partial charge >= 0.3 is 18.4 Å². The summed E-state index contributed by atoms with van der Waals surface area (Å²) in [4.78, 5) is 16.8. The number of urea groups is 1. The predicted octanol–water partition coefficient (Wildman–Crippen LogP) is 8.54. The van der Waals surface area contributed by atoms with Crippen molar-refractivity contribution in [3.05, 3.63) is 70.0 Å². The Morgan fingerprint density at radius 3 is 2.14 bits per heavy atom. The average Bonchev–Trinajstić information content (AvgIpc) is 3.16. The van der Waals surface area contributed by atoms with Crippen LogP contribution in [0.1, 0.15) is 86.4 Å². The molecular weight excluding hydrogens is 565 g/mol. The monoisotopic (exact) mass is 602 g/mol. The highest BCUT2D eigenvalue weighted by atomic mass is 19.4. The minimum absolute atomic E-state index is 0.0238. The summed E-state index contributed by atoms with van der Waals surface area (Å²) in [5.74, 6) is -0.310. The molecule has 1 heterocycles. The Kier molecular flexibility index (Phi) is 8.43. The Bertz CT molecular complexity index is 1300. The van der Waals surface area contributed by atoms with E-state index in [9.17, 15) is 40.6 Å². The van der Waals surface area contributed by atoms with Crippen LogP contribution < -0.4 is 0 Å². The van der Waals surface area contributed by atoms with Crippen LogP contribution in [0.2, 0.25) is 0 Å². The predicted molar refractivity (Wildman–Crippen MR) is 144 cm³/mol. The van der Waals surface area contributed by atoms with E-state index in [0.717, 1.165) is 23.3 Å². The van der Waals surface area contributed by atoms with E-state index in [0.29, 0.717) is 37.1 Å². The highest BCUT2D eigenvalue weighted by Crippen LogP contribution is 2.61. The summed E-state index contributed by atoms with van der Waals surface area (Å²) in [6.07, 6.45) is -7.22. The minimum Gasteiger partial charge on any atom is -0.396 e. The molecule has 2 aliphatic rings. The van der Waals surface area contributed by atoms with E-state index in [-0.39, 0.29) is 35.0 Å². The topological polar surface area (TPSA) is 43.8 Å². The molecule has 2 amide bonds. The summed E-state index contributed by atoms with van der Waals surface area (Å²) in [7, 11) is 1.36. The molecule has 11 heteroatoms. The van der Waals surface area contributed by atoms with Crippen molar-refractivity contribution in [2.75, 3.05) is 20.2 Å². The summed E-state index contributed by atoms with van der Waals surface area (Å²) in [5, 5.41) is 10.1. The largest absolute Gasteiger partial charge is 0.416 e. The van der Waals surface area contributed by atoms with E-state index in [1.165, 1.54) is 26.1 Å². The molecule has 1 aliphatic heterocycles. The van der Waals surface area contributed by atoms with Gasteiger partial charge in [-0.3, -0.25) is 0 Å². The number of aryl methyl sites for hydroxylation is 1. The molecule has 1 N–H and O–H groups in total. The van der Waals surface area contributed by atoms with E-state index in [4.69, 9.17) is 0 Å². The Labute approximate surface area is 241 Å². The molecule has 0 radical (unpaired) electrons. The van der Waals surface area contributed by atoms with Gasteiger partial charge in [0.05, 0.1) is 23.2 Å². The first-order valence-electron chi connectivity index (χ1n) is 14.0. The molecule has 1 aliphatic carbocycles. The third kappa shape index (κ3) is 5.85. The van der Waals surface area contributed by atoms with Crippen LogP contribution in [-0.4, -0.2) is 41.1 Å². The van der Waals surface area contributed by atoms with Crippen molar-refractivity contribution >= 4 is 6.03 Å². The number of rotatable bonds is 4. The molecule has 2 fully saturated rings. The van der Waals surface area contributed by atoms with E-state index in [2.05, 4.69) is 6.92 Å². The van der Waals surface area contributed by atoms with Crippen LogP contribution in [0.4, 0.5) is 35.5 Å². The lowest BCUT2D eigenvalue weighted by molar-refractivity contribution is -0.143. The molecule has 5 atom stereocenters. The molecule has 4 rings (SSSR count). The average molecular weight is 603 g/mol. The van der Waals surface area contributed by atoms with Crippen LogP contribution in [0.5, 0.6) is 0 Å². The lowest BCUT2D eigenvalue weighted by atomic mass is 9.64. The maximum Gasteiger partial charge on any atom is 0.416 e. The molecule has 1 unspecified atom stereocenters. The summed E-state index contributed by atoms with van der Waals surface area (Å²) < 4.78 is 95.1. The smallest absolute Gasteiger partial charge is 0.396 e. The molecule has 1 spiro atoms. The fourth-order valence-corrected chi connectivity index (χ4v) is 6.97. The van der Waals surface area contributed by atoms with Gasteiger partial charge in [-0.25, -0.2) is 9.18 Å². The van der Waals surface area contributed by atoms with Gasteiger partial charge in [-0.1, -0.05) is 19.9 Å². The van der Waals surface area contributed by atoms with Crippen LogP contribution in [0.15, 0.2) is 36.4 Å². The zero-order valence-electron chi connectivity index (χ0n) is 24.3. The Morgan fingerprint density at radius 1 is 1.05 bits per heavy atom. The first-order valence-corrected chi connectivity index (χ1v) is 14.0. The van der Waals surface area contributed by atoms with E-state index < -0.39 is 47.4 Å². The lowest BCUT2D eigenvalue weighted by Gasteiger charge is -2.50. The van der Waals surface area contributed by atoms with Gasteiger partial charge in [0.25, 0.3) is 0 Å². The normalized spacial score (nSPS) is 27.4. The van der Waals surface area contributed by atoms with E-state index in [1.54, 1.807) is 17.9 Å². The SMILES string of the molecule is Cc1cc(F)ccc1[C@H]1C[C@@]2(CCN1C(=O)N(C)[C@H](C)c1cc(C(F)(F)F)cc(C(F)(F)F)c1)CC[C@@](C)(CO)C2C. The highest BCUT2D eigenvalue weighted by Gasteiger charge is 2.55. The Hall–Kier alpha value is -2.82. The van der Waals surface area contributed by atoms with Crippen molar-refractivity contribution in [2.45, 2.75) is 77.8 Å². The van der Waals surface area contributed by atoms with Crippen molar-refractivity contribution in [3.63, 3.8) is 0 Å². The van der Waals surface area contributed by atoms with Crippen LogP contribution in [-0.2, 0) is 12.4 Å². The maximum absolute atomic E-state index is 14.1. The van der Waals surface area contributed by atoms with Crippen molar-refractivity contribution in [3.8, 4) is 0 Å². The quantitative estimate of drug-likeness (QED) is 0.357. The number of hydrogen-bond acceptors (Lipinski definition) is 2. The first kappa shape index (κ1) is 32.1. The van der Waals surface area contributed by atoms with E-state index in [1.807, 2.05) is 6.92 Å². The number of benzene rings is 2. The number of piperidine rings is 1. The number of aliphatic hydroxyl groups excluding tert-OH is 1. The lowest BCUT2D eigenvalue weighted by Crippen LogP contribution is -2.51. The number of carbonyl (C=O) groups excluding carboxylic acids is 1. The summed E-state index contributed by atoms with van der Waals surface area (Å²) >= 11 is 0. The molecule has 232 valence electrons. The molecule has 1 saturated carbocycles. The molecule has 1 saturated heterocycles. The van der Waals surface area contributed by atoms with Gasteiger partial charge in [0.1, 0.15) is 5.82 Å². The second-order valence-electron chi connectivity index (χ2n) is 12.5. The van der Waals surface area contributed by atoms with Crippen LogP contribution >= 0.6 is 0 Å². The Morgan fingerprint density at radius 2 is 1.64 bits per heavy atom. The number of likely N-dealkylation sites (tertiary alicyclic amines) is 1. The van der Waals surface area contributed by atoms with Gasteiger partial charge < -0.3 is 14.9 Å². The number of hydrogen-bond donors (Lipinski definition) is 1. The van der Waals surface area contributed by atoms with Crippen LogP contribution in [0.25, 0.3) is 0 Å². The van der Waals surface area contributed by atoms with Gasteiger partial charge in [-0.2, -0.15) is 26.3 Å². The van der Waals surface area contributed by atoms with Gasteiger partial charge in [0.2, 0.25) is 0 Å². The van der Waals surface area contributed by atoms with Crippen molar-refractivity contribution in [1.82, 2.24) is 9.80 Å².